The van der Waals surface area contributed by atoms with Crippen molar-refractivity contribution in [2.75, 3.05) is 33.2 Å². The van der Waals surface area contributed by atoms with Gasteiger partial charge < -0.3 is 20.4 Å². The number of aryl methyl sites for hydroxylation is 1. The number of hydrogen-bond donors (Lipinski definition) is 3. The fourth-order valence-corrected chi connectivity index (χ4v) is 3.36. The number of nitrogens with zero attached hydrogens (tertiary/aromatic N) is 2. The van der Waals surface area contributed by atoms with Gasteiger partial charge in [0.05, 0.1) is 12.9 Å². The average molecular weight is 373 g/mol. The molecule has 2 aliphatic rings. The summed E-state index contributed by atoms with van der Waals surface area (Å²) in [7, 11) is 2.65. The monoisotopic (exact) mass is 373 g/mol. The molecule has 0 saturated carbocycles. The fourth-order valence-electron chi connectivity index (χ4n) is 3.36. The predicted molar refractivity (Wildman–Crippen MR) is 107 cm³/mol. The number of aliphatic imine (C=N–C) groups is 1. The van der Waals surface area contributed by atoms with Crippen LogP contribution in [-0.4, -0.2) is 70.1 Å². The van der Waals surface area contributed by atoms with Crippen molar-refractivity contribution in [3.8, 4) is 11.5 Å². The summed E-state index contributed by atoms with van der Waals surface area (Å²) in [6.45, 7) is 4.65. The number of likely N-dealkylation sites (N-methyl/N-ethyl adjacent to an activating group) is 1. The number of ether oxygens (including phenoxy) is 1. The number of carbonyl (C=O) groups excluding carboxylic acids is 1. The fraction of sp³-hybridized carbons (Fsp3) is 0.556. The molecule has 2 heterocycles. The zero-order chi connectivity index (χ0) is 19.2. The molecule has 27 heavy (non-hydrogen) atoms. The molecule has 2 aliphatic heterocycles. The first kappa shape index (κ1) is 19.5. The number of amides is 1. The lowest BCUT2D eigenvalue weighted by atomic mass is 9.85. The number of fused-ring (bicyclic) bond motifs is 1. The van der Waals surface area contributed by atoms with Crippen molar-refractivity contribution in [2.24, 2.45) is 10.7 Å². The minimum atomic E-state index is -0.409. The summed E-state index contributed by atoms with van der Waals surface area (Å²) in [5, 5.41) is 5.91. The molecule has 1 aromatic carbocycles. The Bertz CT molecular complexity index is 694. The van der Waals surface area contributed by atoms with E-state index in [1.807, 2.05) is 7.05 Å². The van der Waals surface area contributed by atoms with Gasteiger partial charge in [-0.05, 0) is 38.3 Å². The van der Waals surface area contributed by atoms with E-state index < -0.39 is 5.91 Å². The zero-order valence-electron chi connectivity index (χ0n) is 16.0. The van der Waals surface area contributed by atoms with Crippen LogP contribution >= 0.6 is 0 Å². The molecule has 0 aliphatic carbocycles. The van der Waals surface area contributed by atoms with E-state index in [1.165, 1.54) is 11.9 Å². The number of hydrogen-bond acceptors (Lipinski definition) is 6. The van der Waals surface area contributed by atoms with Gasteiger partial charge in [-0.3, -0.25) is 20.0 Å². The molecule has 3 rings (SSSR count). The molecule has 0 aromatic heterocycles. The van der Waals surface area contributed by atoms with Gasteiger partial charge in [-0.15, -0.1) is 0 Å². The van der Waals surface area contributed by atoms with Gasteiger partial charge >= 0.3 is 7.48 Å². The number of likely N-dealkylation sites (tertiary alicyclic amines) is 1. The second kappa shape index (κ2) is 9.10. The molecule has 9 heteroatoms. The third kappa shape index (κ3) is 5.14. The molecule has 1 saturated heterocycles. The molecular formula is C18H28BN5O3. The van der Waals surface area contributed by atoms with E-state index in [1.54, 1.807) is 0 Å². The van der Waals surface area contributed by atoms with Crippen LogP contribution in [0.25, 0.3) is 0 Å². The Morgan fingerprint density at radius 1 is 1.56 bits per heavy atom. The number of nitrogens with two attached hydrogens (primary N) is 1. The van der Waals surface area contributed by atoms with Crippen molar-refractivity contribution >= 4 is 19.7 Å². The van der Waals surface area contributed by atoms with E-state index >= 15 is 0 Å². The van der Waals surface area contributed by atoms with Crippen molar-refractivity contribution in [3.63, 3.8) is 0 Å². The molecule has 1 atom stereocenters. The van der Waals surface area contributed by atoms with E-state index in [0.29, 0.717) is 0 Å². The number of nitrogens with one attached hydrogen (secondary N) is 2. The SMILES string of the molecule is CNC(CN1CC(Oc2ccc3c(c2C)OBCC3)C1)/N=C\NCC(N)=O. The topological polar surface area (TPSA) is 101 Å². The van der Waals surface area contributed by atoms with Gasteiger partial charge in [0.1, 0.15) is 23.8 Å². The molecule has 0 radical (unpaired) electrons. The van der Waals surface area contributed by atoms with Crippen LogP contribution in [0.4, 0.5) is 0 Å². The Morgan fingerprint density at radius 3 is 3.11 bits per heavy atom. The standard InChI is InChI=1S/C18H28BN5O3/c1-12-15(4-3-13-5-6-19-27-18(12)13)26-14-8-24(9-14)10-17(21-2)23-11-22-7-16(20)25/h3-4,11,14,17,19,21H,5-10H2,1-2H3,(H2,20,25)(H,22,23). The summed E-state index contributed by atoms with van der Waals surface area (Å²) in [4.78, 5) is 17.3. The van der Waals surface area contributed by atoms with E-state index in [0.717, 1.165) is 56.9 Å². The number of benzene rings is 1. The number of carbonyl (C=O) groups is 1. The number of primary amides is 1. The van der Waals surface area contributed by atoms with Crippen LogP contribution < -0.4 is 25.8 Å². The highest BCUT2D eigenvalue weighted by atomic mass is 16.5. The van der Waals surface area contributed by atoms with Crippen LogP contribution in [0.15, 0.2) is 17.1 Å². The Kier molecular flexibility index (Phi) is 6.57. The summed E-state index contributed by atoms with van der Waals surface area (Å²) in [5.74, 6) is 1.51. The van der Waals surface area contributed by atoms with Crippen LogP contribution in [0.3, 0.4) is 0 Å². The molecule has 0 bridgehead atoms. The summed E-state index contributed by atoms with van der Waals surface area (Å²) >= 11 is 0. The van der Waals surface area contributed by atoms with Gasteiger partial charge in [0.15, 0.2) is 0 Å². The quantitative estimate of drug-likeness (QED) is 0.304. The van der Waals surface area contributed by atoms with Gasteiger partial charge in [-0.2, -0.15) is 0 Å². The summed E-state index contributed by atoms with van der Waals surface area (Å²) in [6.07, 6.45) is 3.81. The smallest absolute Gasteiger partial charge is 0.340 e. The molecule has 1 unspecified atom stereocenters. The van der Waals surface area contributed by atoms with E-state index in [2.05, 4.69) is 39.6 Å². The van der Waals surface area contributed by atoms with E-state index in [9.17, 15) is 4.79 Å². The van der Waals surface area contributed by atoms with Gasteiger partial charge in [-0.1, -0.05) is 6.07 Å². The van der Waals surface area contributed by atoms with Crippen LogP contribution in [-0.2, 0) is 11.2 Å². The Morgan fingerprint density at radius 2 is 2.37 bits per heavy atom. The first-order chi connectivity index (χ1) is 13.1. The lowest BCUT2D eigenvalue weighted by molar-refractivity contribution is -0.116. The van der Waals surface area contributed by atoms with Crippen molar-refractivity contribution in [2.45, 2.75) is 31.9 Å². The van der Waals surface area contributed by atoms with Crippen LogP contribution in [0.5, 0.6) is 11.5 Å². The van der Waals surface area contributed by atoms with Crippen molar-refractivity contribution in [3.05, 3.63) is 23.3 Å². The maximum Gasteiger partial charge on any atom is 0.340 e. The maximum atomic E-state index is 10.7. The lowest BCUT2D eigenvalue weighted by Gasteiger charge is -2.40. The second-order valence-corrected chi connectivity index (χ2v) is 7.02. The van der Waals surface area contributed by atoms with Gasteiger partial charge in [0, 0.05) is 25.2 Å². The van der Waals surface area contributed by atoms with Crippen LogP contribution in [0.2, 0.25) is 6.32 Å². The highest BCUT2D eigenvalue weighted by Gasteiger charge is 2.30. The van der Waals surface area contributed by atoms with Crippen molar-refractivity contribution in [1.82, 2.24) is 15.5 Å². The molecule has 4 N–H and O–H groups in total. The van der Waals surface area contributed by atoms with Gasteiger partial charge in [0.25, 0.3) is 0 Å². The third-order valence-corrected chi connectivity index (χ3v) is 4.88. The van der Waals surface area contributed by atoms with E-state index in [-0.39, 0.29) is 18.8 Å². The first-order valence-corrected chi connectivity index (χ1v) is 9.41. The normalized spacial score (nSPS) is 18.1. The molecule has 1 fully saturated rings. The van der Waals surface area contributed by atoms with E-state index in [4.69, 9.17) is 15.1 Å². The van der Waals surface area contributed by atoms with Crippen LogP contribution in [0, 0.1) is 6.92 Å². The average Bonchev–Trinajstić information content (AvgIpc) is 2.63. The van der Waals surface area contributed by atoms with Crippen molar-refractivity contribution < 1.29 is 14.2 Å². The molecule has 1 amide bonds. The van der Waals surface area contributed by atoms with Crippen molar-refractivity contribution in [1.29, 1.82) is 0 Å². The predicted octanol–water partition coefficient (Wildman–Crippen LogP) is -0.589. The second-order valence-electron chi connectivity index (χ2n) is 7.02. The maximum absolute atomic E-state index is 10.7. The van der Waals surface area contributed by atoms with Gasteiger partial charge in [-0.25, -0.2) is 0 Å². The third-order valence-electron chi connectivity index (χ3n) is 4.88. The molecule has 0 spiro atoms. The molecule has 146 valence electrons. The first-order valence-electron chi connectivity index (χ1n) is 9.41. The summed E-state index contributed by atoms with van der Waals surface area (Å²) < 4.78 is 12.0. The summed E-state index contributed by atoms with van der Waals surface area (Å²) in [6, 6.07) is 4.19. The Balaban J connectivity index is 1.45. The highest BCUT2D eigenvalue weighted by Crippen LogP contribution is 2.35. The molecule has 8 nitrogen and oxygen atoms in total. The lowest BCUT2D eigenvalue weighted by Crippen LogP contribution is -2.56. The minimum Gasteiger partial charge on any atom is -0.564 e. The molecule has 1 aromatic rings. The highest BCUT2D eigenvalue weighted by molar-refractivity contribution is 6.29. The zero-order valence-corrected chi connectivity index (χ0v) is 16.0. The largest absolute Gasteiger partial charge is 0.564 e. The summed E-state index contributed by atoms with van der Waals surface area (Å²) in [5.41, 5.74) is 7.45. The van der Waals surface area contributed by atoms with Gasteiger partial charge in [0.2, 0.25) is 5.91 Å². The van der Waals surface area contributed by atoms with Crippen LogP contribution in [0.1, 0.15) is 11.1 Å². The number of rotatable bonds is 9. The molecular weight excluding hydrogens is 345 g/mol. The minimum absolute atomic E-state index is 0.0507. The Hall–Kier alpha value is -2.26. The Labute approximate surface area is 160 Å².